The van der Waals surface area contributed by atoms with Gasteiger partial charge in [-0.05, 0) is 42.6 Å². The lowest BCUT2D eigenvalue weighted by Crippen LogP contribution is -2.15. The molecule has 1 aliphatic heterocycles. The molecule has 0 amide bonds. The summed E-state index contributed by atoms with van der Waals surface area (Å²) in [5, 5.41) is 12.9. The molecule has 0 aliphatic carbocycles. The quantitative estimate of drug-likeness (QED) is 0.835. The number of ether oxygens (including phenoxy) is 2. The van der Waals surface area contributed by atoms with Gasteiger partial charge in [-0.1, -0.05) is 0 Å². The first-order chi connectivity index (χ1) is 8.30. The minimum atomic E-state index is 0.0217. The summed E-state index contributed by atoms with van der Waals surface area (Å²) < 4.78 is 10.5. The zero-order valence-electron chi connectivity index (χ0n) is 10.3. The molecule has 1 aromatic rings. The average Bonchev–Trinajstić information content (AvgIpc) is 2.90. The zero-order valence-corrected chi connectivity index (χ0v) is 10.3. The fraction of sp³-hybridized carbons (Fsp3) is 0.538. The van der Waals surface area contributed by atoms with Crippen molar-refractivity contribution < 1.29 is 14.6 Å². The number of hydrogen-bond donors (Lipinski definition) is 2. The number of aliphatic hydroxyl groups is 1. The fourth-order valence-corrected chi connectivity index (χ4v) is 2.35. The van der Waals surface area contributed by atoms with E-state index >= 15 is 0 Å². The van der Waals surface area contributed by atoms with Crippen molar-refractivity contribution in [1.29, 1.82) is 0 Å². The second-order valence-corrected chi connectivity index (χ2v) is 4.21. The van der Waals surface area contributed by atoms with Crippen LogP contribution >= 0.6 is 0 Å². The Bertz CT molecular complexity index is 386. The van der Waals surface area contributed by atoms with E-state index in [0.717, 1.165) is 24.1 Å². The first kappa shape index (κ1) is 12.2. The number of aliphatic hydroxyl groups excluding tert-OH is 1. The number of rotatable bonds is 4. The van der Waals surface area contributed by atoms with Crippen molar-refractivity contribution in [3.8, 4) is 11.5 Å². The smallest absolute Gasteiger partial charge is 0.161 e. The average molecular weight is 237 g/mol. The van der Waals surface area contributed by atoms with Gasteiger partial charge in [-0.25, -0.2) is 0 Å². The van der Waals surface area contributed by atoms with E-state index in [1.54, 1.807) is 14.2 Å². The molecule has 0 aromatic heterocycles. The molecule has 4 nitrogen and oxygen atoms in total. The van der Waals surface area contributed by atoms with Gasteiger partial charge in [0.2, 0.25) is 0 Å². The number of nitrogens with one attached hydrogen (secondary N) is 1. The SMILES string of the molecule is COc1cc(CO)c([C@@H]2CCCN2)cc1OC. The molecule has 1 aliphatic rings. The molecule has 0 saturated carbocycles. The maximum absolute atomic E-state index is 9.44. The Morgan fingerprint density at radius 3 is 2.53 bits per heavy atom. The van der Waals surface area contributed by atoms with Crippen molar-refractivity contribution in [1.82, 2.24) is 5.32 Å². The van der Waals surface area contributed by atoms with Gasteiger partial charge in [-0.3, -0.25) is 0 Å². The van der Waals surface area contributed by atoms with Gasteiger partial charge >= 0.3 is 0 Å². The summed E-state index contributed by atoms with van der Waals surface area (Å²) in [4.78, 5) is 0. The Morgan fingerprint density at radius 2 is 2.00 bits per heavy atom. The van der Waals surface area contributed by atoms with Crippen molar-refractivity contribution in [2.75, 3.05) is 20.8 Å². The van der Waals surface area contributed by atoms with Crippen LogP contribution < -0.4 is 14.8 Å². The van der Waals surface area contributed by atoms with E-state index in [2.05, 4.69) is 5.32 Å². The van der Waals surface area contributed by atoms with Gasteiger partial charge in [0.25, 0.3) is 0 Å². The van der Waals surface area contributed by atoms with Crippen LogP contribution in [0.5, 0.6) is 11.5 Å². The van der Waals surface area contributed by atoms with Gasteiger partial charge in [0.1, 0.15) is 0 Å². The molecule has 1 aromatic carbocycles. The molecule has 4 heteroatoms. The van der Waals surface area contributed by atoms with Crippen LogP contribution in [0.2, 0.25) is 0 Å². The van der Waals surface area contributed by atoms with E-state index in [1.807, 2.05) is 12.1 Å². The van der Waals surface area contributed by atoms with Crippen molar-refractivity contribution in [2.24, 2.45) is 0 Å². The maximum Gasteiger partial charge on any atom is 0.161 e. The molecule has 2 rings (SSSR count). The third-order valence-corrected chi connectivity index (χ3v) is 3.25. The summed E-state index contributed by atoms with van der Waals surface area (Å²) in [6, 6.07) is 4.14. The molecule has 1 fully saturated rings. The maximum atomic E-state index is 9.44. The Hall–Kier alpha value is -1.26. The summed E-state index contributed by atoms with van der Waals surface area (Å²) in [7, 11) is 3.23. The molecule has 2 N–H and O–H groups in total. The van der Waals surface area contributed by atoms with E-state index in [4.69, 9.17) is 9.47 Å². The second-order valence-electron chi connectivity index (χ2n) is 4.21. The summed E-state index contributed by atoms with van der Waals surface area (Å²) in [5.41, 5.74) is 2.02. The van der Waals surface area contributed by atoms with Crippen molar-refractivity contribution in [2.45, 2.75) is 25.5 Å². The first-order valence-corrected chi connectivity index (χ1v) is 5.89. The molecule has 1 atom stereocenters. The molecule has 94 valence electrons. The topological polar surface area (TPSA) is 50.7 Å². The van der Waals surface area contributed by atoms with Gasteiger partial charge in [-0.15, -0.1) is 0 Å². The molecule has 1 saturated heterocycles. The molecule has 0 spiro atoms. The van der Waals surface area contributed by atoms with Gasteiger partial charge in [-0.2, -0.15) is 0 Å². The zero-order chi connectivity index (χ0) is 12.3. The number of benzene rings is 1. The largest absolute Gasteiger partial charge is 0.493 e. The molecule has 0 radical (unpaired) electrons. The Balaban J connectivity index is 2.41. The normalized spacial score (nSPS) is 19.4. The van der Waals surface area contributed by atoms with Crippen LogP contribution in [0.4, 0.5) is 0 Å². The van der Waals surface area contributed by atoms with E-state index in [0.29, 0.717) is 17.5 Å². The highest BCUT2D eigenvalue weighted by atomic mass is 16.5. The lowest BCUT2D eigenvalue weighted by molar-refractivity contribution is 0.277. The Kier molecular flexibility index (Phi) is 3.86. The number of methoxy groups -OCH3 is 2. The minimum absolute atomic E-state index is 0.0217. The highest BCUT2D eigenvalue weighted by molar-refractivity contribution is 5.48. The minimum Gasteiger partial charge on any atom is -0.493 e. The van der Waals surface area contributed by atoms with Crippen molar-refractivity contribution >= 4 is 0 Å². The van der Waals surface area contributed by atoms with Crippen molar-refractivity contribution in [3.05, 3.63) is 23.3 Å². The lowest BCUT2D eigenvalue weighted by Gasteiger charge is -2.18. The summed E-state index contributed by atoms with van der Waals surface area (Å²) in [6.07, 6.45) is 2.27. The summed E-state index contributed by atoms with van der Waals surface area (Å²) >= 11 is 0. The van der Waals surface area contributed by atoms with E-state index in [1.165, 1.54) is 6.42 Å². The molecule has 17 heavy (non-hydrogen) atoms. The van der Waals surface area contributed by atoms with Crippen molar-refractivity contribution in [3.63, 3.8) is 0 Å². The monoisotopic (exact) mass is 237 g/mol. The molecular formula is C13H19NO3. The third kappa shape index (κ3) is 2.37. The number of hydrogen-bond acceptors (Lipinski definition) is 4. The van der Waals surface area contributed by atoms with E-state index < -0.39 is 0 Å². The molecule has 0 bridgehead atoms. The second kappa shape index (κ2) is 5.38. The summed E-state index contributed by atoms with van der Waals surface area (Å²) in [6.45, 7) is 1.05. The van der Waals surface area contributed by atoms with Gasteiger partial charge in [0, 0.05) is 6.04 Å². The van der Waals surface area contributed by atoms with E-state index in [-0.39, 0.29) is 6.61 Å². The van der Waals surface area contributed by atoms with Crippen LogP contribution in [0.25, 0.3) is 0 Å². The Morgan fingerprint density at radius 1 is 1.29 bits per heavy atom. The van der Waals surface area contributed by atoms with Crippen LogP contribution in [0.3, 0.4) is 0 Å². The van der Waals surface area contributed by atoms with Crippen LogP contribution in [-0.2, 0) is 6.61 Å². The predicted octanol–water partition coefficient (Wildman–Crippen LogP) is 1.62. The molecular weight excluding hydrogens is 218 g/mol. The standard InChI is InChI=1S/C13H19NO3/c1-16-12-6-9(8-15)10(7-13(12)17-2)11-4-3-5-14-11/h6-7,11,14-15H,3-5,8H2,1-2H3/t11-/m0/s1. The summed E-state index contributed by atoms with van der Waals surface area (Å²) in [5.74, 6) is 1.38. The van der Waals surface area contributed by atoms with Crippen LogP contribution in [0, 0.1) is 0 Å². The highest BCUT2D eigenvalue weighted by Crippen LogP contribution is 2.35. The van der Waals surface area contributed by atoms with Gasteiger partial charge in [0.05, 0.1) is 20.8 Å². The fourth-order valence-electron chi connectivity index (χ4n) is 2.35. The third-order valence-electron chi connectivity index (χ3n) is 3.25. The van der Waals surface area contributed by atoms with Gasteiger partial charge < -0.3 is 19.9 Å². The molecule has 0 unspecified atom stereocenters. The van der Waals surface area contributed by atoms with Gasteiger partial charge in [0.15, 0.2) is 11.5 Å². The van der Waals surface area contributed by atoms with Crippen LogP contribution in [-0.4, -0.2) is 25.9 Å². The molecule has 1 heterocycles. The highest BCUT2D eigenvalue weighted by Gasteiger charge is 2.21. The first-order valence-electron chi connectivity index (χ1n) is 5.89. The van der Waals surface area contributed by atoms with Crippen LogP contribution in [0.1, 0.15) is 30.0 Å². The Labute approximate surface area is 102 Å². The van der Waals surface area contributed by atoms with Crippen LogP contribution in [0.15, 0.2) is 12.1 Å². The lowest BCUT2D eigenvalue weighted by atomic mass is 9.98. The van der Waals surface area contributed by atoms with E-state index in [9.17, 15) is 5.11 Å². The predicted molar refractivity (Wildman–Crippen MR) is 65.4 cm³/mol.